The average molecular weight is 337 g/mol. The van der Waals surface area contributed by atoms with Gasteiger partial charge in [0.2, 0.25) is 0 Å². The van der Waals surface area contributed by atoms with E-state index in [4.69, 9.17) is 0 Å². The maximum atomic E-state index is 12.9. The topological polar surface area (TPSA) is 111 Å². The fourth-order valence-electron chi connectivity index (χ4n) is 3.10. The molecule has 0 radical (unpaired) electrons. The number of fused-ring (bicyclic) bond motifs is 3. The van der Waals surface area contributed by atoms with Gasteiger partial charge >= 0.3 is 0 Å². The van der Waals surface area contributed by atoms with Crippen molar-refractivity contribution < 1.29 is 14.5 Å². The number of anilines is 1. The smallest absolute Gasteiger partial charge is 0.268 e. The fourth-order valence-corrected chi connectivity index (χ4v) is 3.10. The quantitative estimate of drug-likeness (QED) is 0.401. The molecule has 4 rings (SSSR count). The van der Waals surface area contributed by atoms with Gasteiger partial charge in [-0.3, -0.25) is 24.4 Å². The highest BCUT2D eigenvalue weighted by Crippen LogP contribution is 2.34. The lowest BCUT2D eigenvalue weighted by Gasteiger charge is -2.13. The normalized spacial score (nSPS) is 13.6. The summed E-state index contributed by atoms with van der Waals surface area (Å²) in [6.45, 7) is 1.73. The summed E-state index contributed by atoms with van der Waals surface area (Å²) in [6.07, 6.45) is 1.34. The third-order valence-electron chi connectivity index (χ3n) is 4.18. The molecule has 0 saturated carbocycles. The average Bonchev–Trinajstić information content (AvgIpc) is 3.02. The lowest BCUT2D eigenvalue weighted by molar-refractivity contribution is -0.384. The molecule has 9 heteroatoms. The molecule has 3 heterocycles. The molecule has 0 aliphatic carbocycles. The Kier molecular flexibility index (Phi) is 2.95. The van der Waals surface area contributed by atoms with Crippen LogP contribution in [-0.2, 0) is 7.05 Å². The molecule has 2 amide bonds. The Morgan fingerprint density at radius 1 is 1.20 bits per heavy atom. The third kappa shape index (κ3) is 1.95. The molecule has 0 N–H and O–H groups in total. The van der Waals surface area contributed by atoms with Gasteiger partial charge in [-0.1, -0.05) is 6.07 Å². The number of hydrogen-bond acceptors (Lipinski definition) is 6. The van der Waals surface area contributed by atoms with E-state index in [1.807, 2.05) is 0 Å². The second-order valence-corrected chi connectivity index (χ2v) is 5.68. The SMILES string of the molecule is Cc1nn(C)c2ncc3c(c12)C(=O)N(c1cccc([N+](=O)[O-])c1)C3=O. The van der Waals surface area contributed by atoms with Gasteiger partial charge in [0.15, 0.2) is 5.65 Å². The highest BCUT2D eigenvalue weighted by Gasteiger charge is 2.40. The highest BCUT2D eigenvalue weighted by atomic mass is 16.6. The zero-order valence-corrected chi connectivity index (χ0v) is 13.3. The van der Waals surface area contributed by atoms with Crippen LogP contribution < -0.4 is 4.90 Å². The number of pyridine rings is 1. The number of benzene rings is 1. The van der Waals surface area contributed by atoms with E-state index in [1.54, 1.807) is 18.7 Å². The van der Waals surface area contributed by atoms with Crippen LogP contribution in [-0.4, -0.2) is 31.5 Å². The third-order valence-corrected chi connectivity index (χ3v) is 4.18. The number of aromatic nitrogens is 3. The van der Waals surface area contributed by atoms with Gasteiger partial charge in [0.05, 0.1) is 32.8 Å². The van der Waals surface area contributed by atoms with Crippen molar-refractivity contribution in [3.05, 3.63) is 57.4 Å². The number of aryl methyl sites for hydroxylation is 2. The van der Waals surface area contributed by atoms with Crippen LogP contribution >= 0.6 is 0 Å². The molecule has 124 valence electrons. The monoisotopic (exact) mass is 337 g/mol. The number of amides is 2. The highest BCUT2D eigenvalue weighted by molar-refractivity contribution is 6.37. The maximum Gasteiger partial charge on any atom is 0.271 e. The van der Waals surface area contributed by atoms with Gasteiger partial charge in [0.25, 0.3) is 17.5 Å². The van der Waals surface area contributed by atoms with Crippen molar-refractivity contribution in [1.82, 2.24) is 14.8 Å². The van der Waals surface area contributed by atoms with Crippen LogP contribution in [0.25, 0.3) is 11.0 Å². The van der Waals surface area contributed by atoms with Gasteiger partial charge in [0.1, 0.15) is 0 Å². The zero-order chi connectivity index (χ0) is 17.9. The van der Waals surface area contributed by atoms with Crippen molar-refractivity contribution in [1.29, 1.82) is 0 Å². The molecular formula is C16H11N5O4. The van der Waals surface area contributed by atoms with E-state index < -0.39 is 16.7 Å². The lowest BCUT2D eigenvalue weighted by atomic mass is 10.1. The summed E-state index contributed by atoms with van der Waals surface area (Å²) < 4.78 is 1.54. The minimum atomic E-state index is -0.577. The molecule has 0 bridgehead atoms. The number of carbonyl (C=O) groups excluding carboxylic acids is 2. The van der Waals surface area contributed by atoms with Crippen LogP contribution in [0.1, 0.15) is 26.4 Å². The number of nitro groups is 1. The Hall–Kier alpha value is -3.62. The van der Waals surface area contributed by atoms with Crippen molar-refractivity contribution in [2.24, 2.45) is 7.05 Å². The number of nitrogens with zero attached hydrogens (tertiary/aromatic N) is 5. The fraction of sp³-hybridized carbons (Fsp3) is 0.125. The summed E-state index contributed by atoms with van der Waals surface area (Å²) in [7, 11) is 1.70. The Balaban J connectivity index is 1.93. The standard InChI is InChI=1S/C16H11N5O4/c1-8-12-13-11(7-17-14(12)19(2)18-8)15(22)20(16(13)23)9-4-3-5-10(6-9)21(24)25/h3-7H,1-2H3. The molecule has 1 aliphatic heterocycles. The number of imide groups is 1. The molecule has 0 atom stereocenters. The number of hydrogen-bond donors (Lipinski definition) is 0. The molecular weight excluding hydrogens is 326 g/mol. The second-order valence-electron chi connectivity index (χ2n) is 5.68. The number of non-ortho nitro benzene ring substituents is 1. The van der Waals surface area contributed by atoms with E-state index in [0.717, 1.165) is 4.90 Å². The summed E-state index contributed by atoms with van der Waals surface area (Å²) in [6, 6.07) is 5.41. The number of nitro benzene ring substituents is 1. The van der Waals surface area contributed by atoms with Gasteiger partial charge in [-0.2, -0.15) is 5.10 Å². The van der Waals surface area contributed by atoms with Crippen molar-refractivity contribution in [2.75, 3.05) is 4.90 Å². The summed E-state index contributed by atoms with van der Waals surface area (Å²) in [5.74, 6) is -1.10. The van der Waals surface area contributed by atoms with Crippen molar-refractivity contribution in [2.45, 2.75) is 6.92 Å². The molecule has 2 aromatic heterocycles. The lowest BCUT2D eigenvalue weighted by Crippen LogP contribution is -2.29. The molecule has 0 saturated heterocycles. The van der Waals surface area contributed by atoms with E-state index in [2.05, 4.69) is 10.1 Å². The number of rotatable bonds is 2. The van der Waals surface area contributed by atoms with Gasteiger partial charge in [0, 0.05) is 25.4 Å². The largest absolute Gasteiger partial charge is 0.271 e. The van der Waals surface area contributed by atoms with Crippen molar-refractivity contribution in [3.63, 3.8) is 0 Å². The van der Waals surface area contributed by atoms with E-state index in [-0.39, 0.29) is 22.5 Å². The van der Waals surface area contributed by atoms with Gasteiger partial charge in [-0.25, -0.2) is 9.88 Å². The Morgan fingerprint density at radius 2 is 1.96 bits per heavy atom. The van der Waals surface area contributed by atoms with Crippen LogP contribution in [0.5, 0.6) is 0 Å². The molecule has 1 aliphatic rings. The van der Waals surface area contributed by atoms with Crippen LogP contribution in [0, 0.1) is 17.0 Å². The predicted molar refractivity (Wildman–Crippen MR) is 87.5 cm³/mol. The van der Waals surface area contributed by atoms with Crippen LogP contribution in [0.15, 0.2) is 30.5 Å². The molecule has 0 spiro atoms. The first-order valence-electron chi connectivity index (χ1n) is 7.35. The van der Waals surface area contributed by atoms with Gasteiger partial charge in [-0.15, -0.1) is 0 Å². The van der Waals surface area contributed by atoms with E-state index in [0.29, 0.717) is 16.7 Å². The minimum Gasteiger partial charge on any atom is -0.268 e. The molecule has 0 fully saturated rings. The summed E-state index contributed by atoms with van der Waals surface area (Å²) in [5, 5.41) is 15.7. The molecule has 1 aromatic carbocycles. The van der Waals surface area contributed by atoms with Gasteiger partial charge in [-0.05, 0) is 13.0 Å². The van der Waals surface area contributed by atoms with Crippen LogP contribution in [0.3, 0.4) is 0 Å². The Morgan fingerprint density at radius 3 is 2.68 bits per heavy atom. The van der Waals surface area contributed by atoms with Crippen LogP contribution in [0.4, 0.5) is 11.4 Å². The first-order chi connectivity index (χ1) is 11.9. The first-order valence-corrected chi connectivity index (χ1v) is 7.35. The summed E-state index contributed by atoms with van der Waals surface area (Å²) >= 11 is 0. The summed E-state index contributed by atoms with van der Waals surface area (Å²) in [4.78, 5) is 41.2. The maximum absolute atomic E-state index is 12.9. The first kappa shape index (κ1) is 14.9. The van der Waals surface area contributed by atoms with E-state index in [9.17, 15) is 19.7 Å². The van der Waals surface area contributed by atoms with E-state index >= 15 is 0 Å². The summed E-state index contributed by atoms with van der Waals surface area (Å²) in [5.41, 5.74) is 1.43. The molecule has 9 nitrogen and oxygen atoms in total. The van der Waals surface area contributed by atoms with Gasteiger partial charge < -0.3 is 0 Å². The van der Waals surface area contributed by atoms with Crippen molar-refractivity contribution >= 4 is 34.2 Å². The van der Waals surface area contributed by atoms with Crippen molar-refractivity contribution in [3.8, 4) is 0 Å². The minimum absolute atomic E-state index is 0.148. The molecule has 0 unspecified atom stereocenters. The van der Waals surface area contributed by atoms with Crippen LogP contribution in [0.2, 0.25) is 0 Å². The Bertz CT molecular complexity index is 1100. The van der Waals surface area contributed by atoms with E-state index in [1.165, 1.54) is 30.5 Å². The second kappa shape index (κ2) is 4.94. The Labute approximate surface area is 140 Å². The zero-order valence-electron chi connectivity index (χ0n) is 13.3. The predicted octanol–water partition coefficient (Wildman–Crippen LogP) is 1.99. The molecule has 3 aromatic rings. The number of carbonyl (C=O) groups is 2. The molecule has 25 heavy (non-hydrogen) atoms.